The van der Waals surface area contributed by atoms with Crippen molar-refractivity contribution in [3.63, 3.8) is 0 Å². The second-order valence-electron chi connectivity index (χ2n) is 5.04. The minimum atomic E-state index is -3.27. The van der Waals surface area contributed by atoms with E-state index >= 15 is 0 Å². The molecular weight excluding hydrogens is 316 g/mol. The van der Waals surface area contributed by atoms with Crippen molar-refractivity contribution in [2.24, 2.45) is 11.3 Å². The van der Waals surface area contributed by atoms with E-state index in [1.54, 1.807) is 6.92 Å². The highest BCUT2D eigenvalue weighted by molar-refractivity contribution is 7.99. The van der Waals surface area contributed by atoms with Gasteiger partial charge in [0.25, 0.3) is 0 Å². The van der Waals surface area contributed by atoms with Crippen molar-refractivity contribution in [3.05, 3.63) is 0 Å². The monoisotopic (exact) mass is 338 g/mol. The SMILES string of the molecule is CCOC(=O)C(CCSCC)(C(=O)O)C1CCS(=O)(=O)C1. The summed E-state index contributed by atoms with van der Waals surface area (Å²) in [6.45, 7) is 3.63. The second kappa shape index (κ2) is 7.49. The third kappa shape index (κ3) is 4.12. The second-order valence-corrected chi connectivity index (χ2v) is 8.67. The zero-order valence-corrected chi connectivity index (χ0v) is 14.0. The molecule has 1 saturated heterocycles. The molecule has 1 heterocycles. The minimum Gasteiger partial charge on any atom is -0.480 e. The Morgan fingerprint density at radius 3 is 2.48 bits per heavy atom. The van der Waals surface area contributed by atoms with Crippen molar-refractivity contribution in [3.8, 4) is 0 Å². The van der Waals surface area contributed by atoms with E-state index in [9.17, 15) is 23.1 Å². The maximum atomic E-state index is 12.3. The molecule has 0 aromatic carbocycles. The van der Waals surface area contributed by atoms with Crippen LogP contribution in [0.4, 0.5) is 0 Å². The Bertz CT molecular complexity index is 487. The fourth-order valence-corrected chi connectivity index (χ4v) is 5.29. The molecular formula is C13H22O6S2. The zero-order valence-electron chi connectivity index (χ0n) is 12.3. The predicted molar refractivity (Wildman–Crippen MR) is 81.1 cm³/mol. The average molecular weight is 338 g/mol. The van der Waals surface area contributed by atoms with Gasteiger partial charge in [0, 0.05) is 5.92 Å². The van der Waals surface area contributed by atoms with Crippen LogP contribution in [0, 0.1) is 11.3 Å². The summed E-state index contributed by atoms with van der Waals surface area (Å²) >= 11 is 1.53. The largest absolute Gasteiger partial charge is 0.480 e. The molecule has 2 unspecified atom stereocenters. The van der Waals surface area contributed by atoms with E-state index < -0.39 is 33.1 Å². The first-order chi connectivity index (χ1) is 9.80. The number of aliphatic carboxylic acids is 1. The fourth-order valence-electron chi connectivity index (χ4n) is 2.66. The Kier molecular flexibility index (Phi) is 6.52. The van der Waals surface area contributed by atoms with E-state index in [2.05, 4.69) is 0 Å². The number of sulfone groups is 1. The zero-order chi connectivity index (χ0) is 16.1. The first-order valence-electron chi connectivity index (χ1n) is 6.99. The lowest BCUT2D eigenvalue weighted by molar-refractivity contribution is -0.172. The Balaban J connectivity index is 3.11. The molecule has 1 aliphatic heterocycles. The van der Waals surface area contributed by atoms with Crippen LogP contribution in [-0.2, 0) is 24.2 Å². The van der Waals surface area contributed by atoms with Crippen LogP contribution in [0.5, 0.6) is 0 Å². The van der Waals surface area contributed by atoms with Crippen LogP contribution in [0.3, 0.4) is 0 Å². The van der Waals surface area contributed by atoms with Crippen molar-refractivity contribution in [1.29, 1.82) is 0 Å². The molecule has 0 aliphatic carbocycles. The number of esters is 1. The lowest BCUT2D eigenvalue weighted by atomic mass is 9.72. The molecule has 2 atom stereocenters. The van der Waals surface area contributed by atoms with Crippen molar-refractivity contribution in [1.82, 2.24) is 0 Å². The number of thioether (sulfide) groups is 1. The first-order valence-corrected chi connectivity index (χ1v) is 9.96. The number of carbonyl (C=O) groups is 2. The third-order valence-corrected chi connectivity index (χ3v) is 6.46. The van der Waals surface area contributed by atoms with Crippen molar-refractivity contribution in [2.75, 3.05) is 29.6 Å². The van der Waals surface area contributed by atoms with Gasteiger partial charge in [0.2, 0.25) is 0 Å². The summed E-state index contributed by atoms with van der Waals surface area (Å²) < 4.78 is 28.3. The Labute approximate surface area is 129 Å². The summed E-state index contributed by atoms with van der Waals surface area (Å²) in [5, 5.41) is 9.65. The van der Waals surface area contributed by atoms with Crippen LogP contribution in [0.2, 0.25) is 0 Å². The number of hydrogen-bond donors (Lipinski definition) is 1. The predicted octanol–water partition coefficient (Wildman–Crippen LogP) is 1.20. The van der Waals surface area contributed by atoms with E-state index in [1.807, 2.05) is 6.92 Å². The van der Waals surface area contributed by atoms with Crippen molar-refractivity contribution < 1.29 is 27.9 Å². The van der Waals surface area contributed by atoms with E-state index in [1.165, 1.54) is 11.8 Å². The van der Waals surface area contributed by atoms with Crippen LogP contribution < -0.4 is 0 Å². The maximum absolute atomic E-state index is 12.3. The molecule has 0 aromatic heterocycles. The van der Waals surface area contributed by atoms with E-state index in [-0.39, 0.29) is 31.0 Å². The molecule has 122 valence electrons. The molecule has 0 amide bonds. The maximum Gasteiger partial charge on any atom is 0.323 e. The van der Waals surface area contributed by atoms with Crippen LogP contribution in [0.1, 0.15) is 26.7 Å². The molecule has 1 rings (SSSR count). The van der Waals surface area contributed by atoms with Gasteiger partial charge in [0.05, 0.1) is 18.1 Å². The lowest BCUT2D eigenvalue weighted by Crippen LogP contribution is -2.48. The number of rotatable bonds is 8. The summed E-state index contributed by atoms with van der Waals surface area (Å²) in [5.74, 6) is -1.82. The smallest absolute Gasteiger partial charge is 0.323 e. The Morgan fingerprint density at radius 2 is 2.05 bits per heavy atom. The van der Waals surface area contributed by atoms with Gasteiger partial charge in [-0.2, -0.15) is 11.8 Å². The van der Waals surface area contributed by atoms with Crippen LogP contribution in [-0.4, -0.2) is 55.1 Å². The van der Waals surface area contributed by atoms with Gasteiger partial charge in [0.1, 0.15) is 0 Å². The summed E-state index contributed by atoms with van der Waals surface area (Å²) in [5.41, 5.74) is -1.75. The highest BCUT2D eigenvalue weighted by Crippen LogP contribution is 2.41. The highest BCUT2D eigenvalue weighted by Gasteiger charge is 2.56. The van der Waals surface area contributed by atoms with Gasteiger partial charge in [-0.25, -0.2) is 8.42 Å². The molecule has 0 saturated carbocycles. The van der Waals surface area contributed by atoms with Gasteiger partial charge in [-0.15, -0.1) is 0 Å². The lowest BCUT2D eigenvalue weighted by Gasteiger charge is -2.32. The topological polar surface area (TPSA) is 97.7 Å². The van der Waals surface area contributed by atoms with Gasteiger partial charge in [0.15, 0.2) is 15.3 Å². The number of carboxylic acids is 1. The van der Waals surface area contributed by atoms with Gasteiger partial charge in [-0.1, -0.05) is 6.92 Å². The summed E-state index contributed by atoms with van der Waals surface area (Å²) in [6, 6.07) is 0. The quantitative estimate of drug-likeness (QED) is 0.403. The van der Waals surface area contributed by atoms with Crippen LogP contribution >= 0.6 is 11.8 Å². The normalized spacial score (nSPS) is 23.4. The first kappa shape index (κ1) is 18.3. The minimum absolute atomic E-state index is 0.0625. The third-order valence-electron chi connectivity index (χ3n) is 3.80. The van der Waals surface area contributed by atoms with Gasteiger partial charge in [-0.3, -0.25) is 9.59 Å². The average Bonchev–Trinajstić information content (AvgIpc) is 2.75. The molecule has 1 N–H and O–H groups in total. The molecule has 21 heavy (non-hydrogen) atoms. The molecule has 0 aromatic rings. The van der Waals surface area contributed by atoms with Gasteiger partial charge < -0.3 is 9.84 Å². The standard InChI is InChI=1S/C13H22O6S2/c1-3-19-12(16)13(11(14)15,6-7-20-4-2)10-5-8-21(17,18)9-10/h10H,3-9H2,1-2H3,(H,14,15). The molecule has 1 aliphatic rings. The van der Waals surface area contributed by atoms with E-state index in [0.29, 0.717) is 5.75 Å². The number of carboxylic acid groups (broad SMARTS) is 1. The molecule has 8 heteroatoms. The Hall–Kier alpha value is -0.760. The summed E-state index contributed by atoms with van der Waals surface area (Å²) in [4.78, 5) is 24.1. The highest BCUT2D eigenvalue weighted by atomic mass is 32.2. The summed E-state index contributed by atoms with van der Waals surface area (Å²) in [6.07, 6.45) is 0.296. The number of hydrogen-bond acceptors (Lipinski definition) is 6. The number of carbonyl (C=O) groups excluding carboxylic acids is 1. The molecule has 0 bridgehead atoms. The molecule has 0 radical (unpaired) electrons. The fraction of sp³-hybridized carbons (Fsp3) is 0.846. The van der Waals surface area contributed by atoms with Crippen molar-refractivity contribution >= 4 is 33.5 Å². The molecule has 6 nitrogen and oxygen atoms in total. The summed E-state index contributed by atoms with van der Waals surface area (Å²) in [7, 11) is -3.27. The van der Waals surface area contributed by atoms with E-state index in [0.717, 1.165) is 5.75 Å². The van der Waals surface area contributed by atoms with E-state index in [4.69, 9.17) is 4.74 Å². The molecule has 0 spiro atoms. The van der Waals surface area contributed by atoms with Crippen LogP contribution in [0.25, 0.3) is 0 Å². The molecule has 1 fully saturated rings. The van der Waals surface area contributed by atoms with Gasteiger partial charge in [-0.05, 0) is 31.3 Å². The van der Waals surface area contributed by atoms with Crippen LogP contribution in [0.15, 0.2) is 0 Å². The van der Waals surface area contributed by atoms with Gasteiger partial charge >= 0.3 is 11.9 Å². The van der Waals surface area contributed by atoms with Crippen molar-refractivity contribution in [2.45, 2.75) is 26.7 Å². The Morgan fingerprint density at radius 1 is 1.38 bits per heavy atom. The number of ether oxygens (including phenoxy) is 1.